The van der Waals surface area contributed by atoms with Crippen molar-refractivity contribution >= 4 is 27.7 Å². The number of thioether (sulfide) groups is 1. The third-order valence-corrected chi connectivity index (χ3v) is 4.93. The average Bonchev–Trinajstić information content (AvgIpc) is 2.68. The molecular weight excluding hydrogens is 336 g/mol. The number of nitrogens with one attached hydrogen (secondary N) is 1. The average molecular weight is 363 g/mol. The zero-order valence-electron chi connectivity index (χ0n) is 13.4. The van der Waals surface area contributed by atoms with Crippen LogP contribution in [0.4, 0.5) is 0 Å². The van der Waals surface area contributed by atoms with Gasteiger partial charge in [-0.3, -0.25) is 4.68 Å². The number of rotatable bonds is 7. The first-order valence-corrected chi connectivity index (χ1v) is 8.69. The predicted molar refractivity (Wildman–Crippen MR) is 92.5 cm³/mol. The van der Waals surface area contributed by atoms with Crippen LogP contribution in [0.3, 0.4) is 0 Å². The standard InChI is InChI=1S/C14H27BrN4S/c1-14(2,3)20-10-12(16-4)13-11(15)9-17-19(13)8-7-18(5)6/h9,12,16H,7-8,10H2,1-6H3. The molecule has 0 spiro atoms. The van der Waals surface area contributed by atoms with Gasteiger partial charge in [-0.25, -0.2) is 0 Å². The molecule has 0 saturated heterocycles. The molecule has 1 N–H and O–H groups in total. The Kier molecular flexibility index (Phi) is 7.04. The number of hydrogen-bond donors (Lipinski definition) is 1. The molecule has 0 bridgehead atoms. The molecule has 1 atom stereocenters. The van der Waals surface area contributed by atoms with E-state index < -0.39 is 0 Å². The summed E-state index contributed by atoms with van der Waals surface area (Å²) in [6.07, 6.45) is 1.90. The van der Waals surface area contributed by atoms with E-state index in [4.69, 9.17) is 0 Å². The van der Waals surface area contributed by atoms with Crippen molar-refractivity contribution in [2.75, 3.05) is 33.4 Å². The zero-order chi connectivity index (χ0) is 15.3. The number of halogens is 1. The number of aromatic nitrogens is 2. The van der Waals surface area contributed by atoms with Crippen LogP contribution in [0, 0.1) is 0 Å². The largest absolute Gasteiger partial charge is 0.311 e. The molecule has 4 nitrogen and oxygen atoms in total. The van der Waals surface area contributed by atoms with Crippen molar-refractivity contribution in [3.05, 3.63) is 16.4 Å². The molecule has 6 heteroatoms. The van der Waals surface area contributed by atoms with Crippen LogP contribution in [-0.4, -0.2) is 52.9 Å². The van der Waals surface area contributed by atoms with Crippen molar-refractivity contribution in [3.63, 3.8) is 0 Å². The van der Waals surface area contributed by atoms with Crippen LogP contribution < -0.4 is 5.32 Å². The van der Waals surface area contributed by atoms with Gasteiger partial charge in [0.05, 0.1) is 29.0 Å². The van der Waals surface area contributed by atoms with Gasteiger partial charge in [-0.05, 0) is 37.1 Å². The normalized spacial score (nSPS) is 14.0. The topological polar surface area (TPSA) is 33.1 Å². The quantitative estimate of drug-likeness (QED) is 0.807. The van der Waals surface area contributed by atoms with E-state index in [2.05, 4.69) is 70.8 Å². The van der Waals surface area contributed by atoms with E-state index in [1.165, 1.54) is 5.69 Å². The summed E-state index contributed by atoms with van der Waals surface area (Å²) in [6.45, 7) is 8.66. The SMILES string of the molecule is CNC(CSC(C)(C)C)c1c(Br)cnn1CCN(C)C. The lowest BCUT2D eigenvalue weighted by atomic mass is 10.2. The Morgan fingerprint density at radius 1 is 1.45 bits per heavy atom. The minimum atomic E-state index is 0.274. The Bertz CT molecular complexity index is 412. The highest BCUT2D eigenvalue weighted by molar-refractivity contribution is 9.10. The molecule has 0 saturated carbocycles. The van der Waals surface area contributed by atoms with Crippen molar-refractivity contribution in [2.24, 2.45) is 0 Å². The van der Waals surface area contributed by atoms with Gasteiger partial charge in [0, 0.05) is 17.0 Å². The highest BCUT2D eigenvalue weighted by Crippen LogP contribution is 2.31. The Morgan fingerprint density at radius 3 is 2.60 bits per heavy atom. The van der Waals surface area contributed by atoms with E-state index in [1.807, 2.05) is 25.0 Å². The lowest BCUT2D eigenvalue weighted by Gasteiger charge is -2.24. The van der Waals surface area contributed by atoms with Crippen molar-refractivity contribution in [1.82, 2.24) is 20.0 Å². The molecule has 0 amide bonds. The highest BCUT2D eigenvalue weighted by atomic mass is 79.9. The van der Waals surface area contributed by atoms with Gasteiger partial charge < -0.3 is 10.2 Å². The maximum Gasteiger partial charge on any atom is 0.0704 e. The number of likely N-dealkylation sites (N-methyl/N-ethyl adjacent to an activating group) is 1. The Hall–Kier alpha value is -0.0400. The summed E-state index contributed by atoms with van der Waals surface area (Å²) in [5, 5.41) is 7.92. The molecule has 1 rings (SSSR count). The van der Waals surface area contributed by atoms with E-state index >= 15 is 0 Å². The van der Waals surface area contributed by atoms with Crippen molar-refractivity contribution in [3.8, 4) is 0 Å². The minimum Gasteiger partial charge on any atom is -0.311 e. The molecule has 0 radical (unpaired) electrons. The molecule has 0 aliphatic heterocycles. The molecule has 0 fully saturated rings. The van der Waals surface area contributed by atoms with Gasteiger partial charge in [-0.15, -0.1) is 0 Å². The van der Waals surface area contributed by atoms with Gasteiger partial charge in [0.25, 0.3) is 0 Å². The Balaban J connectivity index is 2.82. The molecule has 1 aromatic rings. The second kappa shape index (κ2) is 7.82. The molecule has 1 heterocycles. The summed E-state index contributed by atoms with van der Waals surface area (Å²) in [4.78, 5) is 2.18. The fourth-order valence-corrected chi connectivity index (χ4v) is 3.39. The summed E-state index contributed by atoms with van der Waals surface area (Å²) in [7, 11) is 6.19. The van der Waals surface area contributed by atoms with E-state index in [-0.39, 0.29) is 4.75 Å². The maximum atomic E-state index is 4.49. The molecule has 20 heavy (non-hydrogen) atoms. The molecular formula is C14H27BrN4S. The van der Waals surface area contributed by atoms with Crippen LogP contribution >= 0.6 is 27.7 Å². The van der Waals surface area contributed by atoms with Crippen molar-refractivity contribution in [2.45, 2.75) is 38.1 Å². The van der Waals surface area contributed by atoms with E-state index in [9.17, 15) is 0 Å². The van der Waals surface area contributed by atoms with Gasteiger partial charge >= 0.3 is 0 Å². The summed E-state index contributed by atoms with van der Waals surface area (Å²) in [5.41, 5.74) is 1.24. The fourth-order valence-electron chi connectivity index (χ4n) is 1.82. The Labute approximate surface area is 135 Å². The molecule has 1 unspecified atom stereocenters. The molecule has 0 aromatic carbocycles. The zero-order valence-corrected chi connectivity index (χ0v) is 15.8. The highest BCUT2D eigenvalue weighted by Gasteiger charge is 2.21. The van der Waals surface area contributed by atoms with E-state index in [1.54, 1.807) is 0 Å². The van der Waals surface area contributed by atoms with Gasteiger partial charge in [0.15, 0.2) is 0 Å². The molecule has 0 aliphatic carbocycles. The smallest absolute Gasteiger partial charge is 0.0704 e. The lowest BCUT2D eigenvalue weighted by molar-refractivity contribution is 0.365. The second-order valence-electron chi connectivity index (χ2n) is 6.17. The number of hydrogen-bond acceptors (Lipinski definition) is 4. The first-order chi connectivity index (χ1) is 9.24. The summed E-state index contributed by atoms with van der Waals surface area (Å²) in [6, 6.07) is 0.304. The number of nitrogens with zero attached hydrogens (tertiary/aromatic N) is 3. The summed E-state index contributed by atoms with van der Waals surface area (Å²) in [5.74, 6) is 1.03. The van der Waals surface area contributed by atoms with Crippen molar-refractivity contribution < 1.29 is 0 Å². The Morgan fingerprint density at radius 2 is 2.10 bits per heavy atom. The first-order valence-electron chi connectivity index (χ1n) is 6.91. The van der Waals surface area contributed by atoms with Gasteiger partial charge in [0.1, 0.15) is 0 Å². The van der Waals surface area contributed by atoms with Crippen LogP contribution in [0.1, 0.15) is 32.5 Å². The molecule has 1 aromatic heterocycles. The maximum absolute atomic E-state index is 4.49. The van der Waals surface area contributed by atoms with Crippen LogP contribution in [0.5, 0.6) is 0 Å². The summed E-state index contributed by atoms with van der Waals surface area (Å²) < 4.78 is 3.47. The third-order valence-electron chi connectivity index (χ3n) is 2.95. The van der Waals surface area contributed by atoms with Crippen LogP contribution in [0.25, 0.3) is 0 Å². The fraction of sp³-hybridized carbons (Fsp3) is 0.786. The predicted octanol–water partition coefficient (Wildman–Crippen LogP) is 3.00. The van der Waals surface area contributed by atoms with Crippen molar-refractivity contribution in [1.29, 1.82) is 0 Å². The lowest BCUT2D eigenvalue weighted by Crippen LogP contribution is -2.27. The molecule has 116 valence electrons. The molecule has 0 aliphatic rings. The van der Waals surface area contributed by atoms with Gasteiger partial charge in [-0.2, -0.15) is 16.9 Å². The van der Waals surface area contributed by atoms with Gasteiger partial charge in [-0.1, -0.05) is 20.8 Å². The summed E-state index contributed by atoms with van der Waals surface area (Å²) >= 11 is 5.61. The minimum absolute atomic E-state index is 0.274. The monoisotopic (exact) mass is 362 g/mol. The van der Waals surface area contributed by atoms with E-state index in [0.717, 1.165) is 23.3 Å². The van der Waals surface area contributed by atoms with Crippen LogP contribution in [0.15, 0.2) is 10.7 Å². The van der Waals surface area contributed by atoms with Gasteiger partial charge in [0.2, 0.25) is 0 Å². The van der Waals surface area contributed by atoms with Crippen LogP contribution in [0.2, 0.25) is 0 Å². The third kappa shape index (κ3) is 5.76. The second-order valence-corrected chi connectivity index (χ2v) is 8.87. The first kappa shape index (κ1) is 18.0. The van der Waals surface area contributed by atoms with Crippen LogP contribution in [-0.2, 0) is 6.54 Å². The van der Waals surface area contributed by atoms with E-state index in [0.29, 0.717) is 6.04 Å².